The third-order valence-corrected chi connectivity index (χ3v) is 4.53. The molecule has 0 aliphatic heterocycles. The van der Waals surface area contributed by atoms with E-state index in [-0.39, 0.29) is 6.04 Å². The van der Waals surface area contributed by atoms with E-state index in [9.17, 15) is 0 Å². The maximum Gasteiger partial charge on any atom is 0.110 e. The first-order chi connectivity index (χ1) is 9.61. The summed E-state index contributed by atoms with van der Waals surface area (Å²) in [5.41, 5.74) is 1.19. The zero-order valence-electron chi connectivity index (χ0n) is 11.7. The number of imidazole rings is 1. The first kappa shape index (κ1) is 15.5. The molecule has 2 aromatic rings. The number of aryl methyl sites for hydroxylation is 1. The van der Waals surface area contributed by atoms with Crippen LogP contribution in [0.4, 0.5) is 0 Å². The van der Waals surface area contributed by atoms with Crippen molar-refractivity contribution in [3.8, 4) is 0 Å². The average molecular weight is 357 g/mol. The van der Waals surface area contributed by atoms with E-state index < -0.39 is 0 Å². The van der Waals surface area contributed by atoms with Gasteiger partial charge in [0.05, 0.1) is 5.02 Å². The predicted molar refractivity (Wildman–Crippen MR) is 87.1 cm³/mol. The molecule has 0 spiro atoms. The van der Waals surface area contributed by atoms with Crippen LogP contribution in [0.25, 0.3) is 0 Å². The molecular weight excluding hydrogens is 338 g/mol. The van der Waals surface area contributed by atoms with Crippen LogP contribution >= 0.6 is 27.5 Å². The Morgan fingerprint density at radius 1 is 1.45 bits per heavy atom. The van der Waals surface area contributed by atoms with Crippen molar-refractivity contribution in [1.82, 2.24) is 14.9 Å². The van der Waals surface area contributed by atoms with E-state index in [2.05, 4.69) is 43.8 Å². The fourth-order valence-electron chi connectivity index (χ4n) is 2.13. The maximum absolute atomic E-state index is 6.21. The Kier molecular flexibility index (Phi) is 5.64. The zero-order chi connectivity index (χ0) is 14.5. The number of aromatic nitrogens is 2. The molecular formula is C15H19BrClN3. The van der Waals surface area contributed by atoms with E-state index >= 15 is 0 Å². The molecule has 5 heteroatoms. The number of benzene rings is 1. The molecule has 0 fully saturated rings. The lowest BCUT2D eigenvalue weighted by Gasteiger charge is -2.19. The fourth-order valence-corrected chi connectivity index (χ4v) is 2.57. The number of halogens is 2. The van der Waals surface area contributed by atoms with Gasteiger partial charge >= 0.3 is 0 Å². The van der Waals surface area contributed by atoms with Gasteiger partial charge in [0.1, 0.15) is 5.82 Å². The molecule has 0 amide bonds. The number of hydrogen-bond acceptors (Lipinski definition) is 2. The van der Waals surface area contributed by atoms with Gasteiger partial charge in [0, 0.05) is 36.4 Å². The summed E-state index contributed by atoms with van der Waals surface area (Å²) in [6.45, 7) is 3.14. The molecule has 3 nitrogen and oxygen atoms in total. The van der Waals surface area contributed by atoms with Crippen LogP contribution in [0.15, 0.2) is 35.1 Å². The normalized spacial score (nSPS) is 12.6. The Labute approximate surface area is 133 Å². The highest BCUT2D eigenvalue weighted by atomic mass is 79.9. The van der Waals surface area contributed by atoms with E-state index in [4.69, 9.17) is 11.6 Å². The van der Waals surface area contributed by atoms with E-state index in [1.54, 1.807) is 0 Å². The molecule has 0 saturated heterocycles. The van der Waals surface area contributed by atoms with E-state index in [1.807, 2.05) is 31.6 Å². The molecule has 0 aliphatic carbocycles. The summed E-state index contributed by atoms with van der Waals surface area (Å²) in [5, 5.41) is 4.31. The largest absolute Gasteiger partial charge is 0.338 e. The molecule has 1 aromatic heterocycles. The van der Waals surface area contributed by atoms with Crippen molar-refractivity contribution in [1.29, 1.82) is 0 Å². The molecule has 108 valence electrons. The molecule has 0 aliphatic rings. The Morgan fingerprint density at radius 2 is 2.25 bits per heavy atom. The van der Waals surface area contributed by atoms with Gasteiger partial charge in [-0.2, -0.15) is 0 Å². The second-order valence-corrected chi connectivity index (χ2v) is 6.10. The molecule has 0 radical (unpaired) electrons. The van der Waals surface area contributed by atoms with Crippen LogP contribution in [-0.4, -0.2) is 16.1 Å². The van der Waals surface area contributed by atoms with Crippen LogP contribution in [0.2, 0.25) is 5.02 Å². The third-order valence-electron chi connectivity index (χ3n) is 3.29. The third kappa shape index (κ3) is 3.84. The highest BCUT2D eigenvalue weighted by Gasteiger charge is 2.15. The summed E-state index contributed by atoms with van der Waals surface area (Å²) in [6.07, 6.45) is 5.75. The quantitative estimate of drug-likeness (QED) is 0.844. The summed E-state index contributed by atoms with van der Waals surface area (Å²) in [6, 6.07) is 6.34. The van der Waals surface area contributed by atoms with Gasteiger partial charge in [-0.25, -0.2) is 4.98 Å². The van der Waals surface area contributed by atoms with E-state index in [0.717, 1.165) is 34.7 Å². The lowest BCUT2D eigenvalue weighted by atomic mass is 10.0. The summed E-state index contributed by atoms with van der Waals surface area (Å²) < 4.78 is 2.98. The molecule has 0 saturated carbocycles. The minimum Gasteiger partial charge on any atom is -0.338 e. The van der Waals surface area contributed by atoms with Crippen LogP contribution in [0.5, 0.6) is 0 Å². The lowest BCUT2D eigenvalue weighted by molar-refractivity contribution is 0.512. The summed E-state index contributed by atoms with van der Waals surface area (Å²) in [4.78, 5) is 4.41. The van der Waals surface area contributed by atoms with Crippen LogP contribution in [-0.2, 0) is 13.5 Å². The van der Waals surface area contributed by atoms with Crippen molar-refractivity contribution in [3.05, 3.63) is 51.5 Å². The van der Waals surface area contributed by atoms with Crippen molar-refractivity contribution >= 4 is 27.5 Å². The second-order valence-electron chi connectivity index (χ2n) is 4.84. The van der Waals surface area contributed by atoms with Crippen molar-refractivity contribution in [3.63, 3.8) is 0 Å². The van der Waals surface area contributed by atoms with Crippen molar-refractivity contribution in [2.75, 3.05) is 6.54 Å². The predicted octanol–water partition coefficient (Wildman–Crippen LogP) is 4.12. The van der Waals surface area contributed by atoms with Crippen molar-refractivity contribution < 1.29 is 0 Å². The zero-order valence-corrected chi connectivity index (χ0v) is 14.1. The Morgan fingerprint density at radius 3 is 2.85 bits per heavy atom. The number of rotatable bonds is 6. The summed E-state index contributed by atoms with van der Waals surface area (Å²) in [5.74, 6) is 1.07. The lowest BCUT2D eigenvalue weighted by Crippen LogP contribution is -2.25. The highest BCUT2D eigenvalue weighted by Crippen LogP contribution is 2.27. The van der Waals surface area contributed by atoms with Crippen molar-refractivity contribution in [2.45, 2.75) is 25.8 Å². The molecule has 1 N–H and O–H groups in total. The fraction of sp³-hybridized carbons (Fsp3) is 0.400. The van der Waals surface area contributed by atoms with Crippen LogP contribution in [0.3, 0.4) is 0 Å². The number of nitrogens with zero attached hydrogens (tertiary/aromatic N) is 2. The van der Waals surface area contributed by atoms with Crippen molar-refractivity contribution in [2.24, 2.45) is 7.05 Å². The van der Waals surface area contributed by atoms with Gasteiger partial charge < -0.3 is 9.88 Å². The van der Waals surface area contributed by atoms with E-state index in [1.165, 1.54) is 5.56 Å². The van der Waals surface area contributed by atoms with Gasteiger partial charge in [-0.05, 0) is 46.6 Å². The molecule has 0 bridgehead atoms. The molecule has 2 rings (SSSR count). The highest BCUT2D eigenvalue weighted by molar-refractivity contribution is 9.10. The van der Waals surface area contributed by atoms with Crippen LogP contribution < -0.4 is 5.32 Å². The monoisotopic (exact) mass is 355 g/mol. The summed E-state index contributed by atoms with van der Waals surface area (Å²) in [7, 11) is 2.02. The molecule has 20 heavy (non-hydrogen) atoms. The Hall–Kier alpha value is -0.840. The SMILES string of the molecule is CCCNC(Cc1nccn1C)c1ccc(Br)c(Cl)c1. The van der Waals surface area contributed by atoms with Crippen LogP contribution in [0.1, 0.15) is 30.8 Å². The average Bonchev–Trinajstić information content (AvgIpc) is 2.83. The Balaban J connectivity index is 2.22. The minimum absolute atomic E-state index is 0.224. The first-order valence-corrected chi connectivity index (χ1v) is 7.93. The topological polar surface area (TPSA) is 29.9 Å². The second kappa shape index (κ2) is 7.25. The molecule has 1 aromatic carbocycles. The van der Waals surface area contributed by atoms with Gasteiger partial charge in [0.25, 0.3) is 0 Å². The molecule has 1 heterocycles. The van der Waals surface area contributed by atoms with Gasteiger partial charge in [-0.15, -0.1) is 0 Å². The standard InChI is InChI=1S/C15H19BrClN3/c1-3-6-18-14(10-15-19-7-8-20(15)2)11-4-5-12(16)13(17)9-11/h4-5,7-9,14,18H,3,6,10H2,1-2H3. The summed E-state index contributed by atoms with van der Waals surface area (Å²) >= 11 is 9.64. The first-order valence-electron chi connectivity index (χ1n) is 6.76. The Bertz CT molecular complexity index is 568. The van der Waals surface area contributed by atoms with E-state index in [0.29, 0.717) is 0 Å². The number of nitrogens with one attached hydrogen (secondary N) is 1. The van der Waals surface area contributed by atoms with Gasteiger partial charge in [0.15, 0.2) is 0 Å². The number of hydrogen-bond donors (Lipinski definition) is 1. The van der Waals surface area contributed by atoms with Gasteiger partial charge in [-0.1, -0.05) is 24.6 Å². The molecule has 1 atom stereocenters. The smallest absolute Gasteiger partial charge is 0.110 e. The van der Waals surface area contributed by atoms with Gasteiger partial charge in [0.2, 0.25) is 0 Å². The maximum atomic E-state index is 6.21. The van der Waals surface area contributed by atoms with Gasteiger partial charge in [-0.3, -0.25) is 0 Å². The molecule has 1 unspecified atom stereocenters. The van der Waals surface area contributed by atoms with Crippen LogP contribution in [0, 0.1) is 0 Å². The minimum atomic E-state index is 0.224.